The zero-order valence-electron chi connectivity index (χ0n) is 13.9. The minimum absolute atomic E-state index is 0.410. The number of nitriles is 1. The number of nitrogens with one attached hydrogen (secondary N) is 2. The molecular weight excluding hydrogens is 330 g/mol. The molecule has 2 N–H and O–H groups in total. The Balaban J connectivity index is 1.80. The highest BCUT2D eigenvalue weighted by atomic mass is 16.5. The number of benzene rings is 2. The van der Waals surface area contributed by atoms with Crippen molar-refractivity contribution in [2.75, 3.05) is 17.7 Å². The molecule has 7 heteroatoms. The van der Waals surface area contributed by atoms with Crippen molar-refractivity contribution in [3.63, 3.8) is 0 Å². The highest BCUT2D eigenvalue weighted by Crippen LogP contribution is 2.22. The Kier molecular flexibility index (Phi) is 5.05. The van der Waals surface area contributed by atoms with Crippen LogP contribution in [0.1, 0.15) is 15.9 Å². The van der Waals surface area contributed by atoms with Crippen LogP contribution in [0.25, 0.3) is 0 Å². The average molecular weight is 345 g/mol. The quantitative estimate of drug-likeness (QED) is 0.681. The normalized spacial score (nSPS) is 9.85. The van der Waals surface area contributed by atoms with Crippen molar-refractivity contribution in [3.8, 4) is 6.07 Å². The number of hydrogen-bond donors (Lipinski definition) is 2. The fraction of sp³-hybridized carbons (Fsp3) is 0.0526. The summed E-state index contributed by atoms with van der Waals surface area (Å²) in [5.74, 6) is 0.667. The van der Waals surface area contributed by atoms with Gasteiger partial charge in [-0.3, -0.25) is 0 Å². The first-order valence-corrected chi connectivity index (χ1v) is 7.73. The summed E-state index contributed by atoms with van der Waals surface area (Å²) < 4.78 is 4.72. The standard InChI is InChI=1S/C19H15N5O2/c1-26-19(25)13-6-4-7-15(9-13)23-17-10-18(22-12-21-17)24-16-8-3-2-5-14(16)11-20/h2-10,12H,1H3,(H2,21,22,23,24). The molecule has 3 rings (SSSR count). The molecule has 1 heterocycles. The Morgan fingerprint density at radius 3 is 2.58 bits per heavy atom. The first-order chi connectivity index (χ1) is 12.7. The zero-order valence-corrected chi connectivity index (χ0v) is 13.9. The maximum Gasteiger partial charge on any atom is 0.337 e. The van der Waals surface area contributed by atoms with Crippen molar-refractivity contribution in [3.05, 3.63) is 72.1 Å². The smallest absolute Gasteiger partial charge is 0.337 e. The number of esters is 1. The lowest BCUT2D eigenvalue weighted by molar-refractivity contribution is 0.0601. The lowest BCUT2D eigenvalue weighted by Crippen LogP contribution is -2.03. The third-order valence-corrected chi connectivity index (χ3v) is 3.53. The number of nitrogens with zero attached hydrogens (tertiary/aromatic N) is 3. The van der Waals surface area contributed by atoms with Crippen molar-refractivity contribution in [2.24, 2.45) is 0 Å². The number of anilines is 4. The van der Waals surface area contributed by atoms with Crippen molar-refractivity contribution in [2.45, 2.75) is 0 Å². The second-order valence-electron chi connectivity index (χ2n) is 5.27. The summed E-state index contributed by atoms with van der Waals surface area (Å²) in [7, 11) is 1.34. The van der Waals surface area contributed by atoms with E-state index in [4.69, 9.17) is 10.00 Å². The van der Waals surface area contributed by atoms with E-state index in [1.54, 1.807) is 42.5 Å². The topological polar surface area (TPSA) is 99.9 Å². The molecule has 0 bridgehead atoms. The third kappa shape index (κ3) is 3.94. The van der Waals surface area contributed by atoms with E-state index in [0.717, 1.165) is 0 Å². The van der Waals surface area contributed by atoms with E-state index in [9.17, 15) is 4.79 Å². The maximum absolute atomic E-state index is 11.6. The van der Waals surface area contributed by atoms with Crippen LogP contribution in [0, 0.1) is 11.3 Å². The lowest BCUT2D eigenvalue weighted by Gasteiger charge is -2.10. The maximum atomic E-state index is 11.6. The fourth-order valence-corrected chi connectivity index (χ4v) is 2.31. The molecule has 0 saturated heterocycles. The van der Waals surface area contributed by atoms with Gasteiger partial charge in [0.2, 0.25) is 0 Å². The molecule has 0 aliphatic carbocycles. The highest BCUT2D eigenvalue weighted by Gasteiger charge is 2.07. The van der Waals surface area contributed by atoms with E-state index in [2.05, 4.69) is 26.7 Å². The van der Waals surface area contributed by atoms with E-state index in [0.29, 0.717) is 34.1 Å². The molecule has 0 spiro atoms. The van der Waals surface area contributed by atoms with Crippen LogP contribution in [0.4, 0.5) is 23.0 Å². The molecule has 0 unspecified atom stereocenters. The number of hydrogen-bond acceptors (Lipinski definition) is 7. The minimum atomic E-state index is -0.410. The molecule has 0 atom stereocenters. The largest absolute Gasteiger partial charge is 0.465 e. The molecule has 128 valence electrons. The second kappa shape index (κ2) is 7.77. The zero-order chi connectivity index (χ0) is 18.4. The molecule has 1 aromatic heterocycles. The van der Waals surface area contributed by atoms with Crippen LogP contribution < -0.4 is 10.6 Å². The third-order valence-electron chi connectivity index (χ3n) is 3.53. The van der Waals surface area contributed by atoms with Gasteiger partial charge in [0, 0.05) is 11.8 Å². The van der Waals surface area contributed by atoms with Crippen LogP contribution in [0.2, 0.25) is 0 Å². The second-order valence-corrected chi connectivity index (χ2v) is 5.27. The van der Waals surface area contributed by atoms with Crippen LogP contribution in [-0.2, 0) is 4.74 Å². The van der Waals surface area contributed by atoms with Gasteiger partial charge in [-0.05, 0) is 30.3 Å². The van der Waals surface area contributed by atoms with Gasteiger partial charge in [0.1, 0.15) is 24.0 Å². The Hall–Kier alpha value is -3.92. The molecule has 0 radical (unpaired) electrons. The minimum Gasteiger partial charge on any atom is -0.465 e. The molecular formula is C19H15N5O2. The first-order valence-electron chi connectivity index (χ1n) is 7.73. The van der Waals surface area contributed by atoms with Gasteiger partial charge in [-0.15, -0.1) is 0 Å². The van der Waals surface area contributed by atoms with Gasteiger partial charge >= 0.3 is 5.97 Å². The Bertz CT molecular complexity index is 981. The van der Waals surface area contributed by atoms with E-state index in [-0.39, 0.29) is 0 Å². The summed E-state index contributed by atoms with van der Waals surface area (Å²) in [6.07, 6.45) is 1.41. The number of carbonyl (C=O) groups excluding carboxylic acids is 1. The highest BCUT2D eigenvalue weighted by molar-refractivity contribution is 5.90. The van der Waals surface area contributed by atoms with Gasteiger partial charge in [0.05, 0.1) is 23.9 Å². The monoisotopic (exact) mass is 345 g/mol. The average Bonchev–Trinajstić information content (AvgIpc) is 2.68. The molecule has 26 heavy (non-hydrogen) atoms. The van der Waals surface area contributed by atoms with Crippen LogP contribution in [-0.4, -0.2) is 23.0 Å². The van der Waals surface area contributed by atoms with Gasteiger partial charge in [-0.25, -0.2) is 14.8 Å². The molecule has 2 aromatic carbocycles. The van der Waals surface area contributed by atoms with Gasteiger partial charge in [0.15, 0.2) is 0 Å². The fourth-order valence-electron chi connectivity index (χ4n) is 2.31. The van der Waals surface area contributed by atoms with Crippen molar-refractivity contribution in [1.29, 1.82) is 5.26 Å². The van der Waals surface area contributed by atoms with Crippen molar-refractivity contribution < 1.29 is 9.53 Å². The van der Waals surface area contributed by atoms with E-state index in [1.807, 2.05) is 12.1 Å². The number of rotatable bonds is 5. The summed E-state index contributed by atoms with van der Waals surface area (Å²) >= 11 is 0. The Morgan fingerprint density at radius 1 is 1.04 bits per heavy atom. The Labute approximate surface area is 150 Å². The summed E-state index contributed by atoms with van der Waals surface area (Å²) in [5.41, 5.74) is 2.31. The molecule has 0 fully saturated rings. The number of ether oxygens (including phenoxy) is 1. The molecule has 3 aromatic rings. The van der Waals surface area contributed by atoms with Crippen LogP contribution in [0.5, 0.6) is 0 Å². The number of methoxy groups -OCH3 is 1. The predicted molar refractivity (Wildman–Crippen MR) is 97.5 cm³/mol. The van der Waals surface area contributed by atoms with Crippen LogP contribution in [0.15, 0.2) is 60.9 Å². The van der Waals surface area contributed by atoms with E-state index < -0.39 is 5.97 Å². The molecule has 0 saturated carbocycles. The SMILES string of the molecule is COC(=O)c1cccc(Nc2cc(Nc3ccccc3C#N)ncn2)c1. The number of para-hydroxylation sites is 1. The van der Waals surface area contributed by atoms with E-state index >= 15 is 0 Å². The lowest BCUT2D eigenvalue weighted by atomic mass is 10.2. The van der Waals surface area contributed by atoms with Gasteiger partial charge in [-0.2, -0.15) is 5.26 Å². The van der Waals surface area contributed by atoms with Crippen molar-refractivity contribution in [1.82, 2.24) is 9.97 Å². The Morgan fingerprint density at radius 2 is 1.81 bits per heavy atom. The van der Waals surface area contributed by atoms with Crippen molar-refractivity contribution >= 4 is 29.0 Å². The summed E-state index contributed by atoms with van der Waals surface area (Å²) in [6, 6.07) is 17.9. The van der Waals surface area contributed by atoms with Crippen LogP contribution in [0.3, 0.4) is 0 Å². The van der Waals surface area contributed by atoms with Gasteiger partial charge < -0.3 is 15.4 Å². The molecule has 7 nitrogen and oxygen atoms in total. The molecule has 0 amide bonds. The summed E-state index contributed by atoms with van der Waals surface area (Å²) in [4.78, 5) is 20.0. The first kappa shape index (κ1) is 16.9. The van der Waals surface area contributed by atoms with Gasteiger partial charge in [-0.1, -0.05) is 18.2 Å². The van der Waals surface area contributed by atoms with Crippen LogP contribution >= 0.6 is 0 Å². The summed E-state index contributed by atoms with van der Waals surface area (Å²) in [6.45, 7) is 0. The number of carbonyl (C=O) groups is 1. The molecule has 0 aliphatic heterocycles. The summed E-state index contributed by atoms with van der Waals surface area (Å²) in [5, 5.41) is 15.4. The molecule has 0 aliphatic rings. The van der Waals surface area contributed by atoms with E-state index in [1.165, 1.54) is 13.4 Å². The van der Waals surface area contributed by atoms with Gasteiger partial charge in [0.25, 0.3) is 0 Å². The number of aromatic nitrogens is 2. The predicted octanol–water partition coefficient (Wildman–Crippen LogP) is 3.62.